The lowest BCUT2D eigenvalue weighted by Crippen LogP contribution is -2.44. The summed E-state index contributed by atoms with van der Waals surface area (Å²) in [5.74, 6) is 0.520. The van der Waals surface area contributed by atoms with Crippen molar-refractivity contribution in [2.24, 2.45) is 4.99 Å². The van der Waals surface area contributed by atoms with Gasteiger partial charge in [0.25, 0.3) is 0 Å². The number of aryl methyl sites for hydroxylation is 2. The Labute approximate surface area is 125 Å². The molecule has 1 aliphatic carbocycles. The maximum absolute atomic E-state index is 11.9. The lowest BCUT2D eigenvalue weighted by Gasteiger charge is -2.14. The smallest absolute Gasteiger partial charge is 0.326 e. The molecular weight excluding hydrogens is 276 g/mol. The number of amides is 2. The van der Waals surface area contributed by atoms with E-state index in [0.29, 0.717) is 12.0 Å². The quantitative estimate of drug-likeness (QED) is 0.580. The van der Waals surface area contributed by atoms with Gasteiger partial charge in [0.05, 0.1) is 0 Å². The number of halogens is 1. The fraction of sp³-hybridized carbons (Fsp3) is 0.429. The fourth-order valence-corrected chi connectivity index (χ4v) is 1.84. The van der Waals surface area contributed by atoms with Crippen molar-refractivity contribution in [3.8, 4) is 0 Å². The molecule has 2 rings (SSSR count). The van der Waals surface area contributed by atoms with Gasteiger partial charge in [-0.25, -0.2) is 4.79 Å². The molecule has 1 aromatic rings. The minimum Gasteiger partial charge on any atom is -0.353 e. The Hall–Kier alpha value is -1.75. The van der Waals surface area contributed by atoms with E-state index in [9.17, 15) is 4.79 Å². The molecule has 1 aromatic carbocycles. The zero-order valence-corrected chi connectivity index (χ0v) is 12.8. The summed E-state index contributed by atoms with van der Waals surface area (Å²) >= 11 is 0. The lowest BCUT2D eigenvalue weighted by atomic mass is 10.1. The molecule has 0 atom stereocenters. The van der Waals surface area contributed by atoms with Crippen molar-refractivity contribution in [1.82, 2.24) is 10.6 Å². The summed E-state index contributed by atoms with van der Waals surface area (Å²) in [5, 5.41) is 8.76. The molecule has 20 heavy (non-hydrogen) atoms. The van der Waals surface area contributed by atoms with E-state index in [1.165, 1.54) is 0 Å². The summed E-state index contributed by atoms with van der Waals surface area (Å²) < 4.78 is 0. The van der Waals surface area contributed by atoms with E-state index in [4.69, 9.17) is 0 Å². The molecular formula is C14H21ClN4O. The molecule has 0 aromatic heterocycles. The normalized spacial score (nSPS) is 14.2. The van der Waals surface area contributed by atoms with E-state index in [-0.39, 0.29) is 18.4 Å². The van der Waals surface area contributed by atoms with Gasteiger partial charge in [0.15, 0.2) is 5.96 Å². The van der Waals surface area contributed by atoms with Gasteiger partial charge in [0.1, 0.15) is 0 Å². The number of nitrogens with one attached hydrogen (secondary N) is 3. The number of anilines is 1. The van der Waals surface area contributed by atoms with Crippen LogP contribution in [-0.4, -0.2) is 25.1 Å². The fourth-order valence-electron chi connectivity index (χ4n) is 1.84. The summed E-state index contributed by atoms with van der Waals surface area (Å²) in [4.78, 5) is 16.0. The van der Waals surface area contributed by atoms with Crippen molar-refractivity contribution < 1.29 is 4.79 Å². The Morgan fingerprint density at radius 3 is 2.35 bits per heavy atom. The highest BCUT2D eigenvalue weighted by Gasteiger charge is 2.22. The van der Waals surface area contributed by atoms with Crippen LogP contribution < -0.4 is 16.0 Å². The lowest BCUT2D eigenvalue weighted by molar-refractivity contribution is 0.256. The molecule has 0 radical (unpaired) electrons. The second-order valence-corrected chi connectivity index (χ2v) is 4.84. The SMILES string of the molecule is CN=C(NC(=O)Nc1c(C)cccc1C)NC1CC1.Cl. The first-order valence-electron chi connectivity index (χ1n) is 6.47. The van der Waals surface area contributed by atoms with Crippen LogP contribution in [0, 0.1) is 13.8 Å². The molecule has 1 saturated carbocycles. The van der Waals surface area contributed by atoms with E-state index in [1.54, 1.807) is 7.05 Å². The molecule has 110 valence electrons. The number of rotatable bonds is 2. The molecule has 0 bridgehead atoms. The van der Waals surface area contributed by atoms with E-state index in [0.717, 1.165) is 29.7 Å². The van der Waals surface area contributed by atoms with E-state index >= 15 is 0 Å². The van der Waals surface area contributed by atoms with Crippen LogP contribution in [0.4, 0.5) is 10.5 Å². The molecule has 2 amide bonds. The molecule has 0 unspecified atom stereocenters. The van der Waals surface area contributed by atoms with Crippen molar-refractivity contribution >= 4 is 30.1 Å². The predicted octanol–water partition coefficient (Wildman–Crippen LogP) is 2.58. The van der Waals surface area contributed by atoms with Gasteiger partial charge in [-0.1, -0.05) is 18.2 Å². The van der Waals surface area contributed by atoms with Crippen molar-refractivity contribution in [3.05, 3.63) is 29.3 Å². The van der Waals surface area contributed by atoms with Gasteiger partial charge in [-0.15, -0.1) is 12.4 Å². The summed E-state index contributed by atoms with van der Waals surface area (Å²) in [6.45, 7) is 3.94. The van der Waals surface area contributed by atoms with Crippen LogP contribution in [0.2, 0.25) is 0 Å². The van der Waals surface area contributed by atoms with Crippen LogP contribution in [-0.2, 0) is 0 Å². The first-order valence-corrected chi connectivity index (χ1v) is 6.47. The van der Waals surface area contributed by atoms with Crippen LogP contribution in [0.5, 0.6) is 0 Å². The van der Waals surface area contributed by atoms with Crippen molar-refractivity contribution in [1.29, 1.82) is 0 Å². The Morgan fingerprint density at radius 2 is 1.85 bits per heavy atom. The van der Waals surface area contributed by atoms with Crippen LogP contribution >= 0.6 is 12.4 Å². The summed E-state index contributed by atoms with van der Waals surface area (Å²) in [5.41, 5.74) is 2.93. The van der Waals surface area contributed by atoms with E-state index in [2.05, 4.69) is 20.9 Å². The number of aliphatic imine (C=N–C) groups is 1. The van der Waals surface area contributed by atoms with Gasteiger partial charge in [-0.3, -0.25) is 10.3 Å². The highest BCUT2D eigenvalue weighted by molar-refractivity contribution is 6.03. The number of nitrogens with zero attached hydrogens (tertiary/aromatic N) is 1. The van der Waals surface area contributed by atoms with Crippen LogP contribution in [0.15, 0.2) is 23.2 Å². The van der Waals surface area contributed by atoms with Gasteiger partial charge in [0, 0.05) is 18.8 Å². The molecule has 0 spiro atoms. The second kappa shape index (κ2) is 7.14. The Bertz CT molecular complexity index is 492. The summed E-state index contributed by atoms with van der Waals surface area (Å²) in [6.07, 6.45) is 2.28. The highest BCUT2D eigenvalue weighted by Crippen LogP contribution is 2.19. The topological polar surface area (TPSA) is 65.5 Å². The molecule has 0 aliphatic heterocycles. The third-order valence-corrected chi connectivity index (χ3v) is 3.09. The van der Waals surface area contributed by atoms with E-state index < -0.39 is 0 Å². The minimum atomic E-state index is -0.272. The van der Waals surface area contributed by atoms with Gasteiger partial charge in [-0.2, -0.15) is 0 Å². The maximum atomic E-state index is 11.9. The minimum absolute atomic E-state index is 0. The largest absolute Gasteiger partial charge is 0.353 e. The number of hydrogen-bond acceptors (Lipinski definition) is 2. The Morgan fingerprint density at radius 1 is 1.25 bits per heavy atom. The standard InChI is InChI=1S/C14H20N4O.ClH/c1-9-5-4-6-10(2)12(9)17-14(19)18-13(15-3)16-11-7-8-11;/h4-6,11H,7-8H2,1-3H3,(H3,15,16,17,18,19);1H. The van der Waals surface area contributed by atoms with Gasteiger partial charge in [-0.05, 0) is 37.8 Å². The molecule has 0 saturated heterocycles. The molecule has 1 aliphatic rings. The number of hydrogen-bond donors (Lipinski definition) is 3. The van der Waals surface area contributed by atoms with Crippen LogP contribution in [0.3, 0.4) is 0 Å². The predicted molar refractivity (Wildman–Crippen MR) is 84.8 cm³/mol. The summed E-state index contributed by atoms with van der Waals surface area (Å²) in [7, 11) is 1.66. The number of urea groups is 1. The number of carbonyl (C=O) groups is 1. The number of para-hydroxylation sites is 1. The third-order valence-electron chi connectivity index (χ3n) is 3.09. The Balaban J connectivity index is 0.00000200. The molecule has 1 fully saturated rings. The zero-order chi connectivity index (χ0) is 13.8. The van der Waals surface area contributed by atoms with Gasteiger partial charge < -0.3 is 10.6 Å². The molecule has 5 nitrogen and oxygen atoms in total. The van der Waals surface area contributed by atoms with Gasteiger partial charge >= 0.3 is 6.03 Å². The number of carbonyl (C=O) groups excluding carboxylic acids is 1. The van der Waals surface area contributed by atoms with Gasteiger partial charge in [0.2, 0.25) is 0 Å². The van der Waals surface area contributed by atoms with Crippen LogP contribution in [0.25, 0.3) is 0 Å². The molecule has 3 N–H and O–H groups in total. The average Bonchev–Trinajstić information content (AvgIpc) is 3.17. The van der Waals surface area contributed by atoms with Crippen molar-refractivity contribution in [2.45, 2.75) is 32.7 Å². The number of guanidine groups is 1. The van der Waals surface area contributed by atoms with Crippen molar-refractivity contribution in [3.63, 3.8) is 0 Å². The first kappa shape index (κ1) is 16.3. The highest BCUT2D eigenvalue weighted by atomic mass is 35.5. The Kier molecular flexibility index (Phi) is 5.82. The monoisotopic (exact) mass is 296 g/mol. The average molecular weight is 297 g/mol. The van der Waals surface area contributed by atoms with Crippen LogP contribution in [0.1, 0.15) is 24.0 Å². The third kappa shape index (κ3) is 4.42. The summed E-state index contributed by atoms with van der Waals surface area (Å²) in [6, 6.07) is 6.10. The first-order chi connectivity index (χ1) is 9.10. The molecule has 6 heteroatoms. The molecule has 0 heterocycles. The maximum Gasteiger partial charge on any atom is 0.326 e. The zero-order valence-electron chi connectivity index (χ0n) is 12.0. The second-order valence-electron chi connectivity index (χ2n) is 4.84. The number of benzene rings is 1. The van der Waals surface area contributed by atoms with Crippen molar-refractivity contribution in [2.75, 3.05) is 12.4 Å². The van der Waals surface area contributed by atoms with E-state index in [1.807, 2.05) is 32.0 Å².